The van der Waals surface area contributed by atoms with Crippen molar-refractivity contribution in [1.82, 2.24) is 15.2 Å². The van der Waals surface area contributed by atoms with Gasteiger partial charge in [-0.15, -0.1) is 0 Å². The van der Waals surface area contributed by atoms with Gasteiger partial charge >= 0.3 is 0 Å². The minimum Gasteiger partial charge on any atom is -0.616 e. The average molecular weight is 656 g/mol. The van der Waals surface area contributed by atoms with Gasteiger partial charge in [0.2, 0.25) is 5.88 Å². The first-order valence-corrected chi connectivity index (χ1v) is 17.1. The van der Waals surface area contributed by atoms with E-state index in [4.69, 9.17) is 21.1 Å². The number of hydrogen-bond acceptors (Lipinski definition) is 6. The van der Waals surface area contributed by atoms with E-state index in [0.717, 1.165) is 52.8 Å². The van der Waals surface area contributed by atoms with Crippen LogP contribution < -0.4 is 14.8 Å². The van der Waals surface area contributed by atoms with Crippen molar-refractivity contribution in [3.63, 3.8) is 0 Å². The zero-order valence-corrected chi connectivity index (χ0v) is 26.9. The summed E-state index contributed by atoms with van der Waals surface area (Å²) in [6.45, 7) is 2.59. The molecule has 1 aromatic heterocycles. The van der Waals surface area contributed by atoms with E-state index in [1.165, 1.54) is 0 Å². The molecule has 6 rings (SSSR count). The fourth-order valence-corrected chi connectivity index (χ4v) is 7.89. The van der Waals surface area contributed by atoms with Crippen molar-refractivity contribution in [1.29, 1.82) is 0 Å². The minimum atomic E-state index is -0.995. The highest BCUT2D eigenvalue weighted by molar-refractivity contribution is 7.91. The van der Waals surface area contributed by atoms with Crippen molar-refractivity contribution in [2.75, 3.05) is 25.2 Å². The first-order valence-electron chi connectivity index (χ1n) is 15.2. The molecule has 2 aliphatic heterocycles. The number of nitrogens with zero attached hydrogens (tertiary/aromatic N) is 2. The predicted octanol–water partition coefficient (Wildman–Crippen LogP) is 5.78. The van der Waals surface area contributed by atoms with Gasteiger partial charge in [-0.2, -0.15) is 0 Å². The Hall–Kier alpha value is -3.18. The highest BCUT2D eigenvalue weighted by Crippen LogP contribution is 2.38. The summed E-state index contributed by atoms with van der Waals surface area (Å²) in [7, 11) is 1.59. The van der Waals surface area contributed by atoms with E-state index in [2.05, 4.69) is 10.3 Å². The molecule has 1 amide bonds. The smallest absolute Gasteiger partial charge is 0.252 e. The van der Waals surface area contributed by atoms with Crippen LogP contribution in [0.5, 0.6) is 11.6 Å². The topological polar surface area (TPSA) is 86.8 Å². The van der Waals surface area contributed by atoms with Gasteiger partial charge in [0.15, 0.2) is 11.6 Å². The highest BCUT2D eigenvalue weighted by atomic mass is 35.5. The second-order valence-electron chi connectivity index (χ2n) is 11.9. The molecule has 0 radical (unpaired) electrons. The van der Waals surface area contributed by atoms with E-state index in [1.54, 1.807) is 13.3 Å². The molecule has 2 fully saturated rings. The van der Waals surface area contributed by atoms with E-state index in [0.29, 0.717) is 48.8 Å². The van der Waals surface area contributed by atoms with Crippen LogP contribution in [-0.2, 0) is 28.9 Å². The first kappa shape index (κ1) is 31.8. The minimum absolute atomic E-state index is 0.0120. The molecule has 238 valence electrons. The van der Waals surface area contributed by atoms with Crippen LogP contribution in [0.3, 0.4) is 0 Å². The Morgan fingerprint density at radius 2 is 1.89 bits per heavy atom. The van der Waals surface area contributed by atoms with Gasteiger partial charge in [0.1, 0.15) is 22.3 Å². The van der Waals surface area contributed by atoms with E-state index in [-0.39, 0.29) is 41.4 Å². The second-order valence-corrected chi connectivity index (χ2v) is 13.8. The quantitative estimate of drug-likeness (QED) is 0.160. The number of carbonyl (C=O) groups is 1. The molecule has 1 saturated heterocycles. The highest BCUT2D eigenvalue weighted by Gasteiger charge is 2.44. The van der Waals surface area contributed by atoms with Crippen molar-refractivity contribution >= 4 is 34.3 Å². The fourth-order valence-electron chi connectivity index (χ4n) is 6.25. The molecule has 3 atom stereocenters. The van der Waals surface area contributed by atoms with Crippen LogP contribution >= 0.6 is 11.6 Å². The Balaban J connectivity index is 1.22. The Labute approximate surface area is 270 Å². The van der Waals surface area contributed by atoms with Gasteiger partial charge in [-0.3, -0.25) is 10.1 Å². The van der Waals surface area contributed by atoms with E-state index >= 15 is 0 Å². The maximum absolute atomic E-state index is 14.5. The molecule has 3 heterocycles. The molecule has 11 heteroatoms. The number of methoxy groups -OCH3 is 1. The summed E-state index contributed by atoms with van der Waals surface area (Å²) in [5, 5.41) is 3.23. The molecule has 2 bridgehead atoms. The standard InChI is InChI=1S/C34H36ClF2N3O4S/c1-20-23(13-14-38-33(20)43-2)17-40(25-9-10-25)34(41)30-26(16-24-18-45(42)19-29(30)39-24)22-7-5-21(6-8-22)4-3-15-44-32-28(37)12-11-27(36)31(32)35/h5-8,11-14,24-25,29,39H,3-4,9-10,15-19H2,1-2H3/t24?,29-,45?/m1/s1. The number of amides is 1. The largest absolute Gasteiger partial charge is 0.616 e. The third-order valence-corrected chi connectivity index (χ3v) is 10.6. The molecule has 3 aromatic rings. The normalized spacial score (nSPS) is 21.1. The molecular weight excluding hydrogens is 620 g/mol. The summed E-state index contributed by atoms with van der Waals surface area (Å²) in [5.74, 6) is -0.174. The van der Waals surface area contributed by atoms with Crippen LogP contribution in [0.1, 0.15) is 47.9 Å². The number of aromatic nitrogens is 1. The van der Waals surface area contributed by atoms with Crippen molar-refractivity contribution < 1.29 is 27.6 Å². The molecule has 2 unspecified atom stereocenters. The number of rotatable bonds is 11. The van der Waals surface area contributed by atoms with E-state index < -0.39 is 22.8 Å². The number of pyridine rings is 1. The molecular formula is C34H36ClF2N3O4S. The van der Waals surface area contributed by atoms with Crippen molar-refractivity contribution in [2.24, 2.45) is 0 Å². The monoisotopic (exact) mass is 655 g/mol. The summed E-state index contributed by atoms with van der Waals surface area (Å²) in [6.07, 6.45) is 5.48. The number of hydrogen-bond donors (Lipinski definition) is 1. The summed E-state index contributed by atoms with van der Waals surface area (Å²) in [6, 6.07) is 12.0. The van der Waals surface area contributed by atoms with Gasteiger partial charge in [0, 0.05) is 29.9 Å². The Morgan fingerprint density at radius 1 is 1.13 bits per heavy atom. The molecule has 1 aliphatic carbocycles. The SMILES string of the molecule is COc1nccc(CN(C(=O)C2=C(c3ccc(CCCOc4c(F)ccc(F)c4Cl)cc3)CC3C[S+]([O-])C[C@H]2N3)C2CC2)c1C. The number of fused-ring (bicyclic) bond motifs is 2. The Bertz CT molecular complexity index is 1600. The summed E-state index contributed by atoms with van der Waals surface area (Å²) in [4.78, 5) is 20.7. The molecule has 45 heavy (non-hydrogen) atoms. The maximum atomic E-state index is 14.5. The number of halogens is 3. The molecule has 1 saturated carbocycles. The van der Waals surface area contributed by atoms with Crippen LogP contribution in [0.2, 0.25) is 5.02 Å². The average Bonchev–Trinajstić information content (AvgIpc) is 3.87. The lowest BCUT2D eigenvalue weighted by Gasteiger charge is -2.40. The molecule has 2 aromatic carbocycles. The molecule has 3 aliphatic rings. The van der Waals surface area contributed by atoms with Crippen LogP contribution in [0.25, 0.3) is 5.57 Å². The molecule has 7 nitrogen and oxygen atoms in total. The lowest BCUT2D eigenvalue weighted by Crippen LogP contribution is -2.57. The van der Waals surface area contributed by atoms with Crippen molar-refractivity contribution in [3.8, 4) is 11.6 Å². The van der Waals surface area contributed by atoms with Gasteiger partial charge in [-0.25, -0.2) is 13.8 Å². The van der Waals surface area contributed by atoms with Gasteiger partial charge in [-0.05, 0) is 79.5 Å². The number of nitrogens with one attached hydrogen (secondary N) is 1. The molecule has 1 N–H and O–H groups in total. The van der Waals surface area contributed by atoms with Crippen LogP contribution in [0.15, 0.2) is 54.2 Å². The number of ether oxygens (including phenoxy) is 2. The fraction of sp³-hybridized carbons (Fsp3) is 0.412. The van der Waals surface area contributed by atoms with Crippen LogP contribution in [0, 0.1) is 18.6 Å². The summed E-state index contributed by atoms with van der Waals surface area (Å²) in [5.41, 5.74) is 5.66. The first-order chi connectivity index (χ1) is 21.7. The number of benzene rings is 2. The van der Waals surface area contributed by atoms with E-state index in [9.17, 15) is 18.1 Å². The zero-order valence-electron chi connectivity index (χ0n) is 25.3. The summed E-state index contributed by atoms with van der Waals surface area (Å²) >= 11 is 4.87. The third kappa shape index (κ3) is 6.99. The second kappa shape index (κ2) is 13.7. The number of carbonyl (C=O) groups excluding carboxylic acids is 1. The van der Waals surface area contributed by atoms with Gasteiger partial charge < -0.3 is 18.9 Å². The Kier molecular flexibility index (Phi) is 9.65. The predicted molar refractivity (Wildman–Crippen MR) is 171 cm³/mol. The van der Waals surface area contributed by atoms with E-state index in [1.807, 2.05) is 42.2 Å². The van der Waals surface area contributed by atoms with Crippen molar-refractivity contribution in [3.05, 3.63) is 93.1 Å². The van der Waals surface area contributed by atoms with Gasteiger partial charge in [0.05, 0.1) is 25.8 Å². The third-order valence-electron chi connectivity index (χ3n) is 8.74. The van der Waals surface area contributed by atoms with Gasteiger partial charge in [0.25, 0.3) is 5.91 Å². The Morgan fingerprint density at radius 3 is 2.62 bits per heavy atom. The lowest BCUT2D eigenvalue weighted by molar-refractivity contribution is -0.128. The number of aryl methyl sites for hydroxylation is 1. The van der Waals surface area contributed by atoms with Crippen LogP contribution in [0.4, 0.5) is 8.78 Å². The summed E-state index contributed by atoms with van der Waals surface area (Å²) < 4.78 is 51.4. The lowest BCUT2D eigenvalue weighted by atomic mass is 9.85. The van der Waals surface area contributed by atoms with Crippen LogP contribution in [-0.4, -0.2) is 63.7 Å². The van der Waals surface area contributed by atoms with Crippen molar-refractivity contribution in [2.45, 2.75) is 63.7 Å². The maximum Gasteiger partial charge on any atom is 0.252 e. The van der Waals surface area contributed by atoms with Gasteiger partial charge in [-0.1, -0.05) is 47.0 Å². The zero-order chi connectivity index (χ0) is 31.7. The molecule has 0 spiro atoms.